The monoisotopic (exact) mass is 449 g/mol. The Balaban J connectivity index is 1.72. The number of hydrogen-bond donors (Lipinski definition) is 6. The number of thioether (sulfide) groups is 2. The molecule has 1 unspecified atom stereocenters. The number of β-lactam (4-membered cyclic amide) rings is 1. The van der Waals surface area contributed by atoms with E-state index in [1.54, 1.807) is 0 Å². The molecular formula is C18H19N5O5S2. The number of carbonyl (C=O) groups is 3. The van der Waals surface area contributed by atoms with Crippen LogP contribution in [0, 0.1) is 5.41 Å². The number of nitrogens with one attached hydrogen (secondary N) is 2. The first-order chi connectivity index (χ1) is 14.2. The summed E-state index contributed by atoms with van der Waals surface area (Å²) in [6.07, 6.45) is 1.32. The van der Waals surface area contributed by atoms with E-state index < -0.39 is 35.2 Å². The maximum atomic E-state index is 12.6. The van der Waals surface area contributed by atoms with Crippen LogP contribution in [0.2, 0.25) is 0 Å². The van der Waals surface area contributed by atoms with Crippen molar-refractivity contribution < 1.29 is 24.6 Å². The minimum atomic E-state index is -1.25. The molecule has 0 saturated carbocycles. The Morgan fingerprint density at radius 3 is 2.63 bits per heavy atom. The van der Waals surface area contributed by atoms with Gasteiger partial charge in [-0.05, 0) is 29.2 Å². The maximum Gasteiger partial charge on any atom is 0.353 e. The summed E-state index contributed by atoms with van der Waals surface area (Å²) in [5.41, 5.74) is 11.5. The highest BCUT2D eigenvalue weighted by Gasteiger charge is 2.54. The van der Waals surface area contributed by atoms with Crippen molar-refractivity contribution in [2.45, 2.75) is 17.5 Å². The van der Waals surface area contributed by atoms with Crippen molar-refractivity contribution in [3.63, 3.8) is 0 Å². The third kappa shape index (κ3) is 4.30. The second kappa shape index (κ2) is 8.81. The van der Waals surface area contributed by atoms with Crippen LogP contribution in [-0.2, 0) is 14.4 Å². The minimum Gasteiger partial charge on any atom is -0.508 e. The second-order valence-electron chi connectivity index (χ2n) is 6.42. The Morgan fingerprint density at radius 1 is 1.37 bits per heavy atom. The lowest BCUT2D eigenvalue weighted by Crippen LogP contribution is -2.71. The summed E-state index contributed by atoms with van der Waals surface area (Å²) in [5, 5.41) is 29.6. The topological polar surface area (TPSA) is 183 Å². The normalized spacial score (nSPS) is 21.8. The molecule has 12 heteroatoms. The molecule has 0 radical (unpaired) electrons. The molecule has 0 spiro atoms. The quantitative estimate of drug-likeness (QED) is 0.193. The van der Waals surface area contributed by atoms with Crippen molar-refractivity contribution in [2.24, 2.45) is 11.5 Å². The molecule has 30 heavy (non-hydrogen) atoms. The highest BCUT2D eigenvalue weighted by molar-refractivity contribution is 8.08. The molecule has 2 amide bonds. The predicted molar refractivity (Wildman–Crippen MR) is 113 cm³/mol. The van der Waals surface area contributed by atoms with Gasteiger partial charge < -0.3 is 27.0 Å². The molecule has 1 fully saturated rings. The van der Waals surface area contributed by atoms with Crippen LogP contribution in [0.1, 0.15) is 11.6 Å². The number of nitrogens with zero attached hydrogens (tertiary/aromatic N) is 1. The van der Waals surface area contributed by atoms with Crippen molar-refractivity contribution in [1.29, 1.82) is 5.41 Å². The van der Waals surface area contributed by atoms with Crippen LogP contribution < -0.4 is 16.8 Å². The molecule has 3 atom stereocenters. The van der Waals surface area contributed by atoms with Crippen molar-refractivity contribution in [3.05, 3.63) is 51.9 Å². The van der Waals surface area contributed by atoms with Gasteiger partial charge in [-0.1, -0.05) is 23.9 Å². The van der Waals surface area contributed by atoms with Gasteiger partial charge in [-0.2, -0.15) is 0 Å². The molecule has 10 nitrogen and oxygen atoms in total. The van der Waals surface area contributed by atoms with Crippen molar-refractivity contribution in [3.8, 4) is 5.75 Å². The van der Waals surface area contributed by atoms with Crippen molar-refractivity contribution in [1.82, 2.24) is 10.2 Å². The van der Waals surface area contributed by atoms with Gasteiger partial charge in [0.05, 0.1) is 0 Å². The van der Waals surface area contributed by atoms with Crippen LogP contribution in [0.5, 0.6) is 5.75 Å². The summed E-state index contributed by atoms with van der Waals surface area (Å²) in [7, 11) is 0. The number of amides is 2. The molecular weight excluding hydrogens is 430 g/mol. The molecule has 8 N–H and O–H groups in total. The summed E-state index contributed by atoms with van der Waals surface area (Å²) in [5.74, 6) is -2.19. The molecule has 158 valence electrons. The second-order valence-corrected chi connectivity index (χ2v) is 8.52. The van der Waals surface area contributed by atoms with Gasteiger partial charge in [-0.25, -0.2) is 4.79 Å². The number of aliphatic carboxylic acids is 1. The average Bonchev–Trinajstić information content (AvgIpc) is 2.70. The molecule has 1 aromatic rings. The largest absolute Gasteiger partial charge is 0.508 e. The highest BCUT2D eigenvalue weighted by atomic mass is 32.2. The summed E-state index contributed by atoms with van der Waals surface area (Å²) in [6, 6.07) is 3.89. The van der Waals surface area contributed by atoms with Crippen molar-refractivity contribution >= 4 is 47.1 Å². The van der Waals surface area contributed by atoms with Gasteiger partial charge in [0, 0.05) is 10.7 Å². The number of nitrogens with two attached hydrogens (primary N) is 2. The number of amidine groups is 1. The van der Waals surface area contributed by atoms with E-state index in [1.165, 1.54) is 47.5 Å². The SMILES string of the molecule is N=C(N)/C=C/SC1=C(C(=O)O)N2C(=O)C(NC(=O)[C@H](N)c3ccc(O)cc3)[C@H]2SC1. The zero-order chi connectivity index (χ0) is 22.0. The lowest BCUT2D eigenvalue weighted by atomic mass is 10.0. The third-order valence-corrected chi connectivity index (χ3v) is 6.78. The number of hydrogen-bond acceptors (Lipinski definition) is 8. The Bertz CT molecular complexity index is 962. The number of carboxylic acid groups (broad SMARTS) is 1. The lowest BCUT2D eigenvalue weighted by molar-refractivity contribution is -0.150. The summed E-state index contributed by atoms with van der Waals surface area (Å²) in [6.45, 7) is 0. The molecule has 0 aromatic heterocycles. The zero-order valence-corrected chi connectivity index (χ0v) is 17.1. The first-order valence-electron chi connectivity index (χ1n) is 8.64. The Labute approximate surface area is 179 Å². The van der Waals surface area contributed by atoms with Gasteiger partial charge in [0.15, 0.2) is 0 Å². The fraction of sp³-hybridized carbons (Fsp3) is 0.222. The van der Waals surface area contributed by atoms with Gasteiger partial charge in [0.2, 0.25) is 5.91 Å². The van der Waals surface area contributed by atoms with Crippen LogP contribution in [0.25, 0.3) is 0 Å². The number of rotatable bonds is 7. The van der Waals surface area contributed by atoms with E-state index in [4.69, 9.17) is 16.9 Å². The van der Waals surface area contributed by atoms with Gasteiger partial charge in [-0.15, -0.1) is 11.8 Å². The van der Waals surface area contributed by atoms with Gasteiger partial charge >= 0.3 is 5.97 Å². The Kier molecular flexibility index (Phi) is 6.39. The van der Waals surface area contributed by atoms with E-state index in [9.17, 15) is 24.6 Å². The fourth-order valence-corrected chi connectivity index (χ4v) is 5.29. The molecule has 2 aliphatic rings. The lowest BCUT2D eigenvalue weighted by Gasteiger charge is -2.49. The van der Waals surface area contributed by atoms with Crippen LogP contribution in [0.4, 0.5) is 0 Å². The molecule has 2 aliphatic heterocycles. The molecule has 3 rings (SSSR count). The number of aromatic hydroxyl groups is 1. The van der Waals surface area contributed by atoms with Crippen molar-refractivity contribution in [2.75, 3.05) is 5.75 Å². The minimum absolute atomic E-state index is 0.0367. The van der Waals surface area contributed by atoms with Crippen LogP contribution in [0.3, 0.4) is 0 Å². The third-order valence-electron chi connectivity index (χ3n) is 4.43. The molecule has 1 saturated heterocycles. The number of benzene rings is 1. The Morgan fingerprint density at radius 2 is 2.03 bits per heavy atom. The van der Waals surface area contributed by atoms with Crippen LogP contribution in [0.15, 0.2) is 46.4 Å². The number of phenolic OH excluding ortho intramolecular Hbond substituents is 1. The van der Waals surface area contributed by atoms with E-state index in [1.807, 2.05) is 0 Å². The van der Waals surface area contributed by atoms with E-state index in [2.05, 4.69) is 5.32 Å². The van der Waals surface area contributed by atoms with E-state index >= 15 is 0 Å². The van der Waals surface area contributed by atoms with E-state index in [0.717, 1.165) is 16.7 Å². The number of carboxylic acids is 1. The number of carbonyl (C=O) groups excluding carboxylic acids is 2. The zero-order valence-electron chi connectivity index (χ0n) is 15.4. The molecule has 1 aromatic carbocycles. The van der Waals surface area contributed by atoms with Gasteiger partial charge in [-0.3, -0.25) is 19.9 Å². The molecule has 0 aliphatic carbocycles. The standard InChI is InChI=1S/C18H19N5O5S2/c19-11(20)5-6-29-10-7-30-17-13(16(26)23(17)14(10)18(27)28)22-15(25)12(21)8-1-3-9(24)4-2-8/h1-6,12-13,17,24H,7,21H2,(H3,19,20)(H,22,25)(H,27,28)/b6-5+/t12-,13?,17-/m1/s1. The Hall–Kier alpha value is -2.96. The number of fused-ring (bicyclic) bond motifs is 1. The predicted octanol–water partition coefficient (Wildman–Crippen LogP) is 0.271. The van der Waals surface area contributed by atoms with Gasteiger partial charge in [0.25, 0.3) is 5.91 Å². The summed E-state index contributed by atoms with van der Waals surface area (Å²) >= 11 is 2.40. The van der Waals surface area contributed by atoms with Gasteiger partial charge in [0.1, 0.15) is 34.7 Å². The average molecular weight is 450 g/mol. The first kappa shape index (κ1) is 21.7. The van der Waals surface area contributed by atoms with Crippen LogP contribution in [-0.4, -0.2) is 55.9 Å². The summed E-state index contributed by atoms with van der Waals surface area (Å²) in [4.78, 5) is 38.5. The maximum absolute atomic E-state index is 12.6. The van der Waals surface area contributed by atoms with Crippen LogP contribution >= 0.6 is 23.5 Å². The first-order valence-corrected chi connectivity index (χ1v) is 10.6. The smallest absolute Gasteiger partial charge is 0.353 e. The van der Waals surface area contributed by atoms with E-state index in [0.29, 0.717) is 16.2 Å². The molecule has 2 heterocycles. The molecule has 0 bridgehead atoms. The van der Waals surface area contributed by atoms with E-state index in [-0.39, 0.29) is 17.3 Å². The highest BCUT2D eigenvalue weighted by Crippen LogP contribution is 2.43. The number of phenols is 1. The summed E-state index contributed by atoms with van der Waals surface area (Å²) < 4.78 is 0. The fourth-order valence-electron chi connectivity index (χ4n) is 2.95.